The van der Waals surface area contributed by atoms with Crippen molar-refractivity contribution in [3.05, 3.63) is 41.8 Å². The molecule has 8 heteroatoms. The van der Waals surface area contributed by atoms with Crippen LogP contribution in [0.15, 0.2) is 34.9 Å². The fraction of sp³-hybridized carbons (Fsp3) is 0.476. The van der Waals surface area contributed by atoms with Gasteiger partial charge in [0.25, 0.3) is 5.91 Å². The van der Waals surface area contributed by atoms with E-state index in [1.165, 1.54) is 0 Å². The maximum atomic E-state index is 12.4. The molecule has 0 bridgehead atoms. The minimum atomic E-state index is -0.181. The molecule has 1 fully saturated rings. The Labute approximate surface area is 170 Å². The molecule has 0 saturated carbocycles. The molecule has 1 aromatic carbocycles. The summed E-state index contributed by atoms with van der Waals surface area (Å²) in [5.41, 5.74) is 0.674. The van der Waals surface area contributed by atoms with Crippen molar-refractivity contribution < 1.29 is 23.6 Å². The summed E-state index contributed by atoms with van der Waals surface area (Å²) in [6, 6.07) is 9.15. The minimum Gasteiger partial charge on any atom is -0.490 e. The van der Waals surface area contributed by atoms with Gasteiger partial charge in [-0.1, -0.05) is 17.3 Å². The topological polar surface area (TPSA) is 85.1 Å². The summed E-state index contributed by atoms with van der Waals surface area (Å²) in [4.78, 5) is 28.3. The van der Waals surface area contributed by atoms with E-state index >= 15 is 0 Å². The number of ether oxygens (including phenoxy) is 2. The molecule has 156 valence electrons. The van der Waals surface area contributed by atoms with Crippen LogP contribution in [0.4, 0.5) is 0 Å². The number of carbonyl (C=O) groups is 2. The maximum Gasteiger partial charge on any atom is 0.292 e. The Morgan fingerprint density at radius 1 is 1.07 bits per heavy atom. The molecular weight excluding hydrogens is 374 g/mol. The number of piperazine rings is 1. The molecule has 2 amide bonds. The quantitative estimate of drug-likeness (QED) is 0.632. The summed E-state index contributed by atoms with van der Waals surface area (Å²) in [7, 11) is 0. The van der Waals surface area contributed by atoms with Crippen LogP contribution in [0.25, 0.3) is 0 Å². The number of para-hydroxylation sites is 2. The van der Waals surface area contributed by atoms with Gasteiger partial charge in [0.1, 0.15) is 0 Å². The first-order valence-corrected chi connectivity index (χ1v) is 9.93. The van der Waals surface area contributed by atoms with Gasteiger partial charge >= 0.3 is 0 Å². The Morgan fingerprint density at radius 3 is 2.34 bits per heavy atom. The molecule has 0 N–H and O–H groups in total. The average molecular weight is 401 g/mol. The summed E-state index contributed by atoms with van der Waals surface area (Å²) in [5.74, 6) is 1.54. The van der Waals surface area contributed by atoms with E-state index in [4.69, 9.17) is 14.0 Å². The van der Waals surface area contributed by atoms with Gasteiger partial charge in [-0.2, -0.15) is 0 Å². The third-order valence-corrected chi connectivity index (χ3v) is 4.70. The lowest BCUT2D eigenvalue weighted by Gasteiger charge is -2.34. The number of amides is 2. The third kappa shape index (κ3) is 5.49. The largest absolute Gasteiger partial charge is 0.490 e. The van der Waals surface area contributed by atoms with Crippen LogP contribution in [0.2, 0.25) is 0 Å². The molecule has 0 radical (unpaired) electrons. The second-order valence-electron chi connectivity index (χ2n) is 6.84. The SMILES string of the molecule is CCOc1ccccc1OCCCC(=O)N1CCN(C(=O)c2cc(C)no2)CC1. The van der Waals surface area contributed by atoms with Crippen molar-refractivity contribution in [2.75, 3.05) is 39.4 Å². The molecule has 29 heavy (non-hydrogen) atoms. The van der Waals surface area contributed by atoms with Gasteiger partial charge in [-0.25, -0.2) is 0 Å². The summed E-state index contributed by atoms with van der Waals surface area (Å²) in [6.45, 7) is 6.73. The van der Waals surface area contributed by atoms with Crippen molar-refractivity contribution >= 4 is 11.8 Å². The highest BCUT2D eigenvalue weighted by atomic mass is 16.5. The van der Waals surface area contributed by atoms with Crippen LogP contribution in [0, 0.1) is 6.92 Å². The van der Waals surface area contributed by atoms with E-state index in [1.54, 1.807) is 22.8 Å². The van der Waals surface area contributed by atoms with Gasteiger partial charge in [0, 0.05) is 38.7 Å². The lowest BCUT2D eigenvalue weighted by Crippen LogP contribution is -2.50. The smallest absolute Gasteiger partial charge is 0.292 e. The Kier molecular flexibility index (Phi) is 7.10. The number of aromatic nitrogens is 1. The lowest BCUT2D eigenvalue weighted by molar-refractivity contribution is -0.132. The molecule has 2 aromatic rings. The highest BCUT2D eigenvalue weighted by Crippen LogP contribution is 2.26. The van der Waals surface area contributed by atoms with Gasteiger partial charge in [-0.05, 0) is 32.4 Å². The van der Waals surface area contributed by atoms with Crippen molar-refractivity contribution in [3.8, 4) is 11.5 Å². The monoisotopic (exact) mass is 401 g/mol. The molecule has 0 aliphatic carbocycles. The average Bonchev–Trinajstić information content (AvgIpc) is 3.18. The van der Waals surface area contributed by atoms with Gasteiger partial charge in [-0.15, -0.1) is 0 Å². The van der Waals surface area contributed by atoms with Crippen molar-refractivity contribution in [1.29, 1.82) is 0 Å². The van der Waals surface area contributed by atoms with Crippen LogP contribution >= 0.6 is 0 Å². The van der Waals surface area contributed by atoms with Gasteiger partial charge in [0.05, 0.1) is 18.9 Å². The number of rotatable bonds is 8. The minimum absolute atomic E-state index is 0.0781. The van der Waals surface area contributed by atoms with Gasteiger partial charge < -0.3 is 23.8 Å². The van der Waals surface area contributed by atoms with Gasteiger partial charge in [0.2, 0.25) is 11.7 Å². The van der Waals surface area contributed by atoms with Gasteiger partial charge in [0.15, 0.2) is 11.5 Å². The molecule has 1 aliphatic rings. The number of hydrogen-bond donors (Lipinski definition) is 0. The molecular formula is C21H27N3O5. The highest BCUT2D eigenvalue weighted by molar-refractivity contribution is 5.91. The lowest BCUT2D eigenvalue weighted by atomic mass is 10.2. The molecule has 0 atom stereocenters. The molecule has 8 nitrogen and oxygen atoms in total. The maximum absolute atomic E-state index is 12.4. The van der Waals surface area contributed by atoms with E-state index in [9.17, 15) is 9.59 Å². The highest BCUT2D eigenvalue weighted by Gasteiger charge is 2.26. The molecule has 1 aromatic heterocycles. The second kappa shape index (κ2) is 9.95. The first-order valence-electron chi connectivity index (χ1n) is 9.93. The van der Waals surface area contributed by atoms with E-state index in [1.807, 2.05) is 31.2 Å². The zero-order valence-corrected chi connectivity index (χ0v) is 16.9. The third-order valence-electron chi connectivity index (χ3n) is 4.70. The van der Waals surface area contributed by atoms with Crippen molar-refractivity contribution in [1.82, 2.24) is 15.0 Å². The fourth-order valence-electron chi connectivity index (χ4n) is 3.19. The summed E-state index contributed by atoms with van der Waals surface area (Å²) in [6.07, 6.45) is 1.03. The van der Waals surface area contributed by atoms with Crippen LogP contribution in [0.3, 0.4) is 0 Å². The zero-order valence-electron chi connectivity index (χ0n) is 16.9. The van der Waals surface area contributed by atoms with E-state index < -0.39 is 0 Å². The van der Waals surface area contributed by atoms with E-state index in [0.29, 0.717) is 69.4 Å². The van der Waals surface area contributed by atoms with E-state index in [0.717, 1.165) is 0 Å². The Bertz CT molecular complexity index is 827. The van der Waals surface area contributed by atoms with Crippen LogP contribution in [-0.2, 0) is 4.79 Å². The van der Waals surface area contributed by atoms with Crippen LogP contribution in [0.1, 0.15) is 36.0 Å². The summed E-state index contributed by atoms with van der Waals surface area (Å²) in [5, 5.41) is 3.75. The molecule has 1 saturated heterocycles. The van der Waals surface area contributed by atoms with Crippen molar-refractivity contribution in [2.24, 2.45) is 0 Å². The second-order valence-corrected chi connectivity index (χ2v) is 6.84. The number of aryl methyl sites for hydroxylation is 1. The Morgan fingerprint density at radius 2 is 1.72 bits per heavy atom. The van der Waals surface area contributed by atoms with Crippen LogP contribution < -0.4 is 9.47 Å². The van der Waals surface area contributed by atoms with E-state index in [-0.39, 0.29) is 17.6 Å². The van der Waals surface area contributed by atoms with Crippen LogP contribution in [-0.4, -0.2) is 66.2 Å². The Balaban J connectivity index is 1.38. The predicted molar refractivity (Wildman–Crippen MR) is 106 cm³/mol. The molecule has 2 heterocycles. The zero-order chi connectivity index (χ0) is 20.6. The fourth-order valence-corrected chi connectivity index (χ4v) is 3.19. The predicted octanol–water partition coefficient (Wildman–Crippen LogP) is 2.53. The first-order chi connectivity index (χ1) is 14.1. The first kappa shape index (κ1) is 20.7. The normalized spacial score (nSPS) is 14.0. The van der Waals surface area contributed by atoms with Gasteiger partial charge in [-0.3, -0.25) is 9.59 Å². The van der Waals surface area contributed by atoms with Crippen molar-refractivity contribution in [2.45, 2.75) is 26.7 Å². The standard InChI is InChI=1S/C21H27N3O5/c1-3-27-17-7-4-5-8-18(17)28-14-6-9-20(25)23-10-12-24(13-11-23)21(26)19-15-16(2)22-29-19/h4-5,7-8,15H,3,6,9-14H2,1-2H3. The number of carbonyl (C=O) groups excluding carboxylic acids is 2. The van der Waals surface area contributed by atoms with E-state index in [2.05, 4.69) is 5.16 Å². The molecule has 3 rings (SSSR count). The summed E-state index contributed by atoms with van der Waals surface area (Å²) < 4.78 is 16.3. The molecule has 1 aliphatic heterocycles. The Hall–Kier alpha value is -3.03. The number of benzene rings is 1. The molecule has 0 spiro atoms. The van der Waals surface area contributed by atoms with Crippen molar-refractivity contribution in [3.63, 3.8) is 0 Å². The summed E-state index contributed by atoms with van der Waals surface area (Å²) >= 11 is 0. The van der Waals surface area contributed by atoms with Crippen LogP contribution in [0.5, 0.6) is 11.5 Å². The number of nitrogens with zero attached hydrogens (tertiary/aromatic N) is 3. The number of hydrogen-bond acceptors (Lipinski definition) is 6. The molecule has 0 unspecified atom stereocenters.